The molecule has 1 amide bonds. The molecule has 0 spiro atoms. The summed E-state index contributed by atoms with van der Waals surface area (Å²) in [5.74, 6) is -9.71. The molecule has 4 aliphatic rings. The number of ether oxygens (including phenoxy) is 5. The maximum atomic E-state index is 14.0. The predicted octanol–water partition coefficient (Wildman–Crippen LogP) is 3.68. The molecule has 4 bridgehead atoms. The number of nitrogens with one attached hydrogen (secondary N) is 1. The third-order valence-electron chi connectivity index (χ3n) is 10.9. The Hall–Kier alpha value is -5.29. The molecule has 316 valence electrons. The van der Waals surface area contributed by atoms with Gasteiger partial charge in [0.05, 0.1) is 42.2 Å². The molecule has 3 heterocycles. The van der Waals surface area contributed by atoms with Crippen molar-refractivity contribution >= 4 is 40.9 Å². The Kier molecular flexibility index (Phi) is 13.8. The Bertz CT molecular complexity index is 2040. The van der Waals surface area contributed by atoms with Gasteiger partial charge in [-0.25, -0.2) is 0 Å². The average Bonchev–Trinajstić information content (AvgIpc) is 3.16. The summed E-state index contributed by atoms with van der Waals surface area (Å²) in [6.07, 6.45) is -0.811. The fraction of sp³-hybridized carbons (Fsp3) is 0.500. The molecule has 0 saturated heterocycles. The number of rotatable bonds is 3. The number of ketones is 1. The number of anilines is 1. The number of amides is 1. The minimum absolute atomic E-state index is 0.00972. The summed E-state index contributed by atoms with van der Waals surface area (Å²) in [7, 11) is 1.06. The molecule has 1 aromatic rings. The van der Waals surface area contributed by atoms with Crippen molar-refractivity contribution in [1.29, 1.82) is 0 Å². The number of esters is 3. The number of Topliss-reactive ketones (excluding diaryl/α,β-unsaturated/α-hetero) is 1. The molecular formula is C42H53NO15. The van der Waals surface area contributed by atoms with E-state index in [0.29, 0.717) is 0 Å². The van der Waals surface area contributed by atoms with Gasteiger partial charge in [-0.2, -0.15) is 0 Å². The van der Waals surface area contributed by atoms with E-state index >= 15 is 0 Å². The third kappa shape index (κ3) is 8.74. The number of fused-ring (bicyclic) bond motifs is 14. The van der Waals surface area contributed by atoms with E-state index in [9.17, 15) is 49.5 Å². The van der Waals surface area contributed by atoms with Gasteiger partial charge >= 0.3 is 17.9 Å². The molecule has 0 fully saturated rings. The smallest absolute Gasteiger partial charge is 0.315 e. The van der Waals surface area contributed by atoms with Crippen molar-refractivity contribution in [3.8, 4) is 11.5 Å². The maximum absolute atomic E-state index is 14.0. The SMILES string of the molecule is COC(=O)[C@H]1[C@@H](O)[C@@H](C)[C@@H](O)[C@H](C)C=CC=C(C)C(=O)Nc2c(C)c(OC(C)=O)c3c(c2O)C(=O)C(C)=C2OCOC(=C23)C(C)=C[C@@](C)(O)[C@@H](O)[C@H](C)[C@H]1OC(C)=O. The monoisotopic (exact) mass is 811 g/mol. The van der Waals surface area contributed by atoms with Crippen LogP contribution in [0.5, 0.6) is 11.5 Å². The number of aromatic hydroxyl groups is 1. The molecule has 1 aliphatic carbocycles. The van der Waals surface area contributed by atoms with Crippen molar-refractivity contribution in [2.24, 2.45) is 23.7 Å². The third-order valence-corrected chi connectivity index (χ3v) is 10.9. The van der Waals surface area contributed by atoms with Crippen molar-refractivity contribution in [3.63, 3.8) is 0 Å². The minimum Gasteiger partial charge on any atom is -0.505 e. The first-order chi connectivity index (χ1) is 27.0. The molecule has 0 radical (unpaired) electrons. The average molecular weight is 812 g/mol. The van der Waals surface area contributed by atoms with Gasteiger partial charge in [-0.15, -0.1) is 0 Å². The lowest BCUT2D eigenvalue weighted by molar-refractivity contribution is -0.181. The molecule has 0 saturated carbocycles. The zero-order valence-electron chi connectivity index (χ0n) is 34.5. The van der Waals surface area contributed by atoms with Crippen LogP contribution in [0.4, 0.5) is 5.69 Å². The Morgan fingerprint density at radius 1 is 0.897 bits per heavy atom. The number of aliphatic hydroxyl groups is 4. The second kappa shape index (κ2) is 17.7. The van der Waals surface area contributed by atoms with Crippen molar-refractivity contribution in [2.75, 3.05) is 19.2 Å². The zero-order valence-corrected chi connectivity index (χ0v) is 34.5. The van der Waals surface area contributed by atoms with E-state index in [1.165, 1.54) is 66.7 Å². The Balaban J connectivity index is 2.10. The molecular weight excluding hydrogens is 758 g/mol. The summed E-state index contributed by atoms with van der Waals surface area (Å²) >= 11 is 0. The van der Waals surface area contributed by atoms with Gasteiger partial charge in [-0.1, -0.05) is 39.0 Å². The van der Waals surface area contributed by atoms with Crippen LogP contribution in [0.2, 0.25) is 0 Å². The summed E-state index contributed by atoms with van der Waals surface area (Å²) < 4.78 is 28.0. The molecule has 9 atom stereocenters. The highest BCUT2D eigenvalue weighted by Gasteiger charge is 2.49. The lowest BCUT2D eigenvalue weighted by Crippen LogP contribution is -2.54. The summed E-state index contributed by atoms with van der Waals surface area (Å²) in [6.45, 7) is 13.4. The number of allylic oxidation sites excluding steroid dienone is 5. The van der Waals surface area contributed by atoms with Gasteiger partial charge in [0, 0.05) is 53.9 Å². The van der Waals surface area contributed by atoms with Gasteiger partial charge in [0.15, 0.2) is 11.5 Å². The van der Waals surface area contributed by atoms with Crippen LogP contribution in [0.15, 0.2) is 52.5 Å². The zero-order chi connectivity index (χ0) is 43.7. The van der Waals surface area contributed by atoms with Gasteiger partial charge in [0.1, 0.15) is 34.9 Å². The van der Waals surface area contributed by atoms with Crippen LogP contribution in [-0.4, -0.2) is 99.1 Å². The van der Waals surface area contributed by atoms with E-state index in [0.717, 1.165) is 21.0 Å². The Morgan fingerprint density at radius 2 is 1.52 bits per heavy atom. The first-order valence-electron chi connectivity index (χ1n) is 18.7. The van der Waals surface area contributed by atoms with Crippen molar-refractivity contribution in [2.45, 2.75) is 99.3 Å². The molecule has 0 unspecified atom stereocenters. The highest BCUT2D eigenvalue weighted by Crippen LogP contribution is 2.53. The summed E-state index contributed by atoms with van der Waals surface area (Å²) in [5, 5.41) is 61.2. The standard InChI is InChI=1S/C42H53NO15/c1-17-13-12-14-18(2)40(51)43-30-20(4)37(57-24(8)44)26-27(34(30)49)33(48)22(6)36-28(26)35(55-16-56-36)19(3)15-42(10,53)39(50)23(7)38(58-25(9)45)29(41(52)54-11)32(47)21(5)31(17)46/h12-15,17,21,23,29,31-32,38-39,46-47,49-50,53H,16H2,1-11H3,(H,43,51)/t17-,21+,23-,29+,31+,32+,38-,39+,42-/m1/s1. The maximum Gasteiger partial charge on any atom is 0.315 e. The largest absolute Gasteiger partial charge is 0.505 e. The number of carbonyl (C=O) groups is 5. The van der Waals surface area contributed by atoms with E-state index in [1.54, 1.807) is 13.0 Å². The number of carbonyl (C=O) groups excluding carboxylic acids is 5. The van der Waals surface area contributed by atoms with Gasteiger partial charge in [0.25, 0.3) is 5.91 Å². The van der Waals surface area contributed by atoms with Gasteiger partial charge < -0.3 is 54.5 Å². The topological polar surface area (TPSA) is 245 Å². The van der Waals surface area contributed by atoms with Crippen LogP contribution >= 0.6 is 0 Å². The first kappa shape index (κ1) is 45.4. The Morgan fingerprint density at radius 3 is 2.10 bits per heavy atom. The Labute approximate surface area is 336 Å². The molecule has 16 heteroatoms. The second-order valence-corrected chi connectivity index (χ2v) is 15.3. The van der Waals surface area contributed by atoms with E-state index in [-0.39, 0.29) is 61.9 Å². The van der Waals surface area contributed by atoms with Crippen LogP contribution in [-0.2, 0) is 38.1 Å². The first-order valence-corrected chi connectivity index (χ1v) is 18.7. The fourth-order valence-electron chi connectivity index (χ4n) is 7.63. The summed E-state index contributed by atoms with van der Waals surface area (Å²) in [5.41, 5.74) is -2.49. The fourth-order valence-corrected chi connectivity index (χ4v) is 7.63. The molecule has 1 aromatic carbocycles. The number of aliphatic hydroxyl groups excluding tert-OH is 3. The van der Waals surface area contributed by atoms with Crippen LogP contribution < -0.4 is 10.1 Å². The van der Waals surface area contributed by atoms with Crippen molar-refractivity contribution in [3.05, 3.63) is 69.2 Å². The quantitative estimate of drug-likeness (QED) is 0.145. The highest BCUT2D eigenvalue weighted by atomic mass is 16.7. The highest BCUT2D eigenvalue weighted by molar-refractivity contribution is 6.21. The van der Waals surface area contributed by atoms with Crippen molar-refractivity contribution < 1.29 is 73.2 Å². The molecule has 6 N–H and O–H groups in total. The van der Waals surface area contributed by atoms with E-state index < -0.39 is 95.8 Å². The van der Waals surface area contributed by atoms with Crippen molar-refractivity contribution in [1.82, 2.24) is 0 Å². The molecule has 3 aliphatic heterocycles. The van der Waals surface area contributed by atoms with E-state index in [2.05, 4.69) is 5.32 Å². The number of benzene rings is 1. The second-order valence-electron chi connectivity index (χ2n) is 15.3. The molecule has 0 aromatic heterocycles. The number of hydrogen-bond donors (Lipinski definition) is 6. The predicted molar refractivity (Wildman–Crippen MR) is 208 cm³/mol. The lowest BCUT2D eigenvalue weighted by atomic mass is 9.75. The van der Waals surface area contributed by atoms with Crippen LogP contribution in [0.25, 0.3) is 5.57 Å². The van der Waals surface area contributed by atoms with Crippen LogP contribution in [0, 0.1) is 30.6 Å². The van der Waals surface area contributed by atoms with Gasteiger partial charge in [-0.3, -0.25) is 24.0 Å². The summed E-state index contributed by atoms with van der Waals surface area (Å²) in [4.78, 5) is 66.1. The van der Waals surface area contributed by atoms with Gasteiger partial charge in [0.2, 0.25) is 6.79 Å². The molecule has 5 rings (SSSR count). The minimum atomic E-state index is -2.22. The van der Waals surface area contributed by atoms with E-state index in [4.69, 9.17) is 23.7 Å². The molecule has 58 heavy (non-hydrogen) atoms. The number of methoxy groups -OCH3 is 1. The van der Waals surface area contributed by atoms with Crippen LogP contribution in [0.1, 0.15) is 83.8 Å². The summed E-state index contributed by atoms with van der Waals surface area (Å²) in [6, 6.07) is 0. The molecule has 16 nitrogen and oxygen atoms in total. The number of phenolic OH excluding ortho intramolecular Hbond substituents is 1. The van der Waals surface area contributed by atoms with E-state index in [1.807, 2.05) is 0 Å². The lowest BCUT2D eigenvalue weighted by Gasteiger charge is -2.40. The normalized spacial score (nSPS) is 29.7. The number of hydrogen-bond acceptors (Lipinski definition) is 15. The van der Waals surface area contributed by atoms with Crippen LogP contribution in [0.3, 0.4) is 0 Å². The van der Waals surface area contributed by atoms with Gasteiger partial charge in [-0.05, 0) is 46.3 Å². The number of phenols is 1.